The summed E-state index contributed by atoms with van der Waals surface area (Å²) in [5, 5.41) is 9.18. The van der Waals surface area contributed by atoms with Crippen molar-refractivity contribution in [2.24, 2.45) is 5.92 Å². The molecule has 1 atom stereocenters. The van der Waals surface area contributed by atoms with Crippen LogP contribution in [0, 0.1) is 31.1 Å². The molecule has 0 fully saturated rings. The van der Waals surface area contributed by atoms with Gasteiger partial charge >= 0.3 is 0 Å². The molecule has 0 aromatic heterocycles. The van der Waals surface area contributed by atoms with E-state index in [1.807, 2.05) is 32.0 Å². The topological polar surface area (TPSA) is 53.3 Å². The van der Waals surface area contributed by atoms with Gasteiger partial charge in [0, 0.05) is 13.1 Å². The third-order valence-corrected chi connectivity index (χ3v) is 3.91. The number of carbonyl (C=O) groups is 1. The van der Waals surface area contributed by atoms with Crippen LogP contribution in [0.4, 0.5) is 0 Å². The van der Waals surface area contributed by atoms with Gasteiger partial charge in [-0.1, -0.05) is 6.07 Å². The summed E-state index contributed by atoms with van der Waals surface area (Å²) in [6, 6.07) is 8.12. The zero-order valence-electron chi connectivity index (χ0n) is 14.1. The van der Waals surface area contributed by atoms with Crippen molar-refractivity contribution in [2.45, 2.75) is 40.5 Å². The molecule has 120 valence electrons. The monoisotopic (exact) mass is 302 g/mol. The van der Waals surface area contributed by atoms with Crippen LogP contribution in [0.25, 0.3) is 0 Å². The predicted octanol–water partition coefficient (Wildman–Crippen LogP) is 3.47. The molecule has 0 bridgehead atoms. The fourth-order valence-corrected chi connectivity index (χ4v) is 2.28. The molecular formula is C18H26N2O2. The first-order chi connectivity index (χ1) is 10.5. The Kier molecular flexibility index (Phi) is 7.45. The van der Waals surface area contributed by atoms with E-state index in [0.29, 0.717) is 32.5 Å². The molecule has 0 N–H and O–H groups in total. The highest BCUT2D eigenvalue weighted by Gasteiger charge is 2.21. The van der Waals surface area contributed by atoms with Crippen molar-refractivity contribution in [3.63, 3.8) is 0 Å². The lowest BCUT2D eigenvalue weighted by Crippen LogP contribution is -2.35. The lowest BCUT2D eigenvalue weighted by Gasteiger charge is -2.21. The quantitative estimate of drug-likeness (QED) is 0.691. The molecule has 0 aliphatic rings. The van der Waals surface area contributed by atoms with Crippen LogP contribution < -0.4 is 4.74 Å². The molecule has 0 heterocycles. The van der Waals surface area contributed by atoms with Crippen LogP contribution in [-0.4, -0.2) is 30.5 Å². The van der Waals surface area contributed by atoms with Crippen molar-refractivity contribution < 1.29 is 9.53 Å². The predicted molar refractivity (Wildman–Crippen MR) is 87.7 cm³/mol. The maximum atomic E-state index is 12.1. The molecule has 0 saturated heterocycles. The summed E-state index contributed by atoms with van der Waals surface area (Å²) in [7, 11) is 0. The molecule has 1 aromatic carbocycles. The number of hydrogen-bond donors (Lipinski definition) is 0. The van der Waals surface area contributed by atoms with E-state index in [1.165, 1.54) is 11.1 Å². The fourth-order valence-electron chi connectivity index (χ4n) is 2.28. The SMILES string of the molecule is CCN(CC)C(=O)C(C#N)CCCOc1ccc(C)c(C)c1. The standard InChI is InChI=1S/C18H26N2O2/c1-5-20(6-2)18(21)16(13-19)8-7-11-22-17-10-9-14(3)15(4)12-17/h9-10,12,16H,5-8,11H2,1-4H3. The van der Waals surface area contributed by atoms with Gasteiger partial charge in [-0.25, -0.2) is 0 Å². The Morgan fingerprint density at radius 3 is 2.50 bits per heavy atom. The van der Waals surface area contributed by atoms with Crippen molar-refractivity contribution >= 4 is 5.91 Å². The van der Waals surface area contributed by atoms with E-state index in [-0.39, 0.29) is 5.91 Å². The Hall–Kier alpha value is -2.02. The average molecular weight is 302 g/mol. The number of rotatable bonds is 8. The zero-order chi connectivity index (χ0) is 16.5. The van der Waals surface area contributed by atoms with Gasteiger partial charge in [-0.3, -0.25) is 4.79 Å². The van der Waals surface area contributed by atoms with Gasteiger partial charge < -0.3 is 9.64 Å². The Labute approximate surface area is 133 Å². The van der Waals surface area contributed by atoms with Crippen LogP contribution in [0.1, 0.15) is 37.8 Å². The summed E-state index contributed by atoms with van der Waals surface area (Å²) in [5.41, 5.74) is 2.44. The third-order valence-electron chi connectivity index (χ3n) is 3.91. The molecule has 4 heteroatoms. The smallest absolute Gasteiger partial charge is 0.239 e. The van der Waals surface area contributed by atoms with Gasteiger partial charge in [0.15, 0.2) is 0 Å². The number of nitrogens with zero attached hydrogens (tertiary/aromatic N) is 2. The minimum absolute atomic E-state index is 0.0707. The second kappa shape index (κ2) is 9.09. The third kappa shape index (κ3) is 5.07. The van der Waals surface area contributed by atoms with Crippen LogP contribution in [-0.2, 0) is 4.79 Å². The van der Waals surface area contributed by atoms with Gasteiger partial charge in [0.05, 0.1) is 12.7 Å². The highest BCUT2D eigenvalue weighted by molar-refractivity contribution is 5.81. The van der Waals surface area contributed by atoms with Crippen LogP contribution in [0.15, 0.2) is 18.2 Å². The Morgan fingerprint density at radius 2 is 1.95 bits per heavy atom. The molecule has 0 aliphatic heterocycles. The first-order valence-corrected chi connectivity index (χ1v) is 7.91. The Bertz CT molecular complexity index is 530. The number of ether oxygens (including phenoxy) is 1. The van der Waals surface area contributed by atoms with Gasteiger partial charge in [-0.2, -0.15) is 5.26 Å². The molecule has 1 unspecified atom stereocenters. The van der Waals surface area contributed by atoms with E-state index in [0.717, 1.165) is 5.75 Å². The number of nitriles is 1. The average Bonchev–Trinajstić information content (AvgIpc) is 2.52. The molecule has 0 aliphatic carbocycles. The van der Waals surface area contributed by atoms with Crippen LogP contribution in [0.3, 0.4) is 0 Å². The number of hydrogen-bond acceptors (Lipinski definition) is 3. The van der Waals surface area contributed by atoms with Crippen LogP contribution >= 0.6 is 0 Å². The second-order valence-electron chi connectivity index (χ2n) is 5.43. The summed E-state index contributed by atoms with van der Waals surface area (Å²) in [4.78, 5) is 13.9. The van der Waals surface area contributed by atoms with Crippen molar-refractivity contribution in [3.8, 4) is 11.8 Å². The normalized spacial score (nSPS) is 11.6. The largest absolute Gasteiger partial charge is 0.494 e. The van der Waals surface area contributed by atoms with Gasteiger partial charge in [0.1, 0.15) is 11.7 Å². The molecule has 1 aromatic rings. The van der Waals surface area contributed by atoms with Gasteiger partial charge in [0.25, 0.3) is 0 Å². The second-order valence-corrected chi connectivity index (χ2v) is 5.43. The minimum Gasteiger partial charge on any atom is -0.494 e. The van der Waals surface area contributed by atoms with Gasteiger partial charge in [0.2, 0.25) is 5.91 Å². The van der Waals surface area contributed by atoms with Crippen molar-refractivity contribution in [1.82, 2.24) is 4.90 Å². The zero-order valence-corrected chi connectivity index (χ0v) is 14.1. The number of amides is 1. The Balaban J connectivity index is 2.43. The van der Waals surface area contributed by atoms with Crippen LogP contribution in [0.5, 0.6) is 5.75 Å². The molecule has 0 spiro atoms. The summed E-state index contributed by atoms with van der Waals surface area (Å²) in [6.45, 7) is 9.79. The van der Waals surface area contributed by atoms with E-state index in [2.05, 4.69) is 19.9 Å². The summed E-state index contributed by atoms with van der Waals surface area (Å²) >= 11 is 0. The van der Waals surface area contributed by atoms with E-state index in [9.17, 15) is 10.1 Å². The molecule has 0 saturated carbocycles. The molecule has 1 amide bonds. The summed E-state index contributed by atoms with van der Waals surface area (Å²) in [5.74, 6) is 0.202. The van der Waals surface area contributed by atoms with Crippen molar-refractivity contribution in [1.29, 1.82) is 5.26 Å². The van der Waals surface area contributed by atoms with Crippen molar-refractivity contribution in [2.75, 3.05) is 19.7 Å². The highest BCUT2D eigenvalue weighted by atomic mass is 16.5. The molecule has 0 radical (unpaired) electrons. The van der Waals surface area contributed by atoms with E-state index >= 15 is 0 Å². The van der Waals surface area contributed by atoms with Gasteiger partial charge in [-0.15, -0.1) is 0 Å². The minimum atomic E-state index is -0.566. The number of carbonyl (C=O) groups excluding carboxylic acids is 1. The van der Waals surface area contributed by atoms with E-state index in [4.69, 9.17) is 4.74 Å². The maximum absolute atomic E-state index is 12.1. The van der Waals surface area contributed by atoms with Crippen LogP contribution in [0.2, 0.25) is 0 Å². The molecule has 4 nitrogen and oxygen atoms in total. The summed E-state index contributed by atoms with van der Waals surface area (Å²) in [6.07, 6.45) is 1.23. The molecule has 1 rings (SSSR count). The number of benzene rings is 1. The van der Waals surface area contributed by atoms with Crippen molar-refractivity contribution in [3.05, 3.63) is 29.3 Å². The number of aryl methyl sites for hydroxylation is 2. The maximum Gasteiger partial charge on any atom is 0.239 e. The molecule has 22 heavy (non-hydrogen) atoms. The van der Waals surface area contributed by atoms with Gasteiger partial charge in [-0.05, 0) is 63.8 Å². The molecular weight excluding hydrogens is 276 g/mol. The fraction of sp³-hybridized carbons (Fsp3) is 0.556. The highest BCUT2D eigenvalue weighted by Crippen LogP contribution is 2.17. The first kappa shape index (κ1) is 18.0. The Morgan fingerprint density at radius 1 is 1.27 bits per heavy atom. The summed E-state index contributed by atoms with van der Waals surface area (Å²) < 4.78 is 5.70. The van der Waals surface area contributed by atoms with E-state index in [1.54, 1.807) is 4.90 Å². The lowest BCUT2D eigenvalue weighted by molar-refractivity contribution is -0.133. The lowest BCUT2D eigenvalue weighted by atomic mass is 10.0. The first-order valence-electron chi connectivity index (χ1n) is 7.91. The van der Waals surface area contributed by atoms with E-state index < -0.39 is 5.92 Å².